The minimum atomic E-state index is -0.947. The summed E-state index contributed by atoms with van der Waals surface area (Å²) in [6, 6.07) is 4.53. The number of carbonyl (C=O) groups excluding carboxylic acids is 1. The minimum Gasteiger partial charge on any atom is -0.481 e. The fraction of sp³-hybridized carbons (Fsp3) is 0.429. The summed E-state index contributed by atoms with van der Waals surface area (Å²) in [6.45, 7) is 5.65. The number of hydrogen-bond acceptors (Lipinski definition) is 2. The maximum Gasteiger partial charge on any atom is 0.319 e. The number of carbonyl (C=O) groups is 2. The second-order valence-electron chi connectivity index (χ2n) is 5.71. The van der Waals surface area contributed by atoms with Gasteiger partial charge in [0.05, 0.1) is 12.1 Å². The summed E-state index contributed by atoms with van der Waals surface area (Å²) in [6.07, 6.45) is -0.131. The molecule has 21 heavy (non-hydrogen) atoms. The van der Waals surface area contributed by atoms with E-state index >= 15 is 0 Å². The molecular formula is C14H18Br2N2O3. The smallest absolute Gasteiger partial charge is 0.319 e. The summed E-state index contributed by atoms with van der Waals surface area (Å²) < 4.78 is 1.47. The average Bonchev–Trinajstić information content (AvgIpc) is 2.31. The first-order valence-corrected chi connectivity index (χ1v) is 7.93. The van der Waals surface area contributed by atoms with E-state index in [9.17, 15) is 9.59 Å². The van der Waals surface area contributed by atoms with E-state index in [4.69, 9.17) is 5.11 Å². The summed E-state index contributed by atoms with van der Waals surface area (Å²) in [4.78, 5) is 23.0. The summed E-state index contributed by atoms with van der Waals surface area (Å²) in [5.74, 6) is -0.947. The molecule has 1 aromatic carbocycles. The Labute approximate surface area is 140 Å². The first-order chi connectivity index (χ1) is 9.61. The molecule has 0 saturated heterocycles. The Morgan fingerprint density at radius 1 is 1.24 bits per heavy atom. The van der Waals surface area contributed by atoms with Crippen LogP contribution in [0, 0.1) is 5.41 Å². The van der Waals surface area contributed by atoms with E-state index in [1.165, 1.54) is 0 Å². The number of rotatable bonds is 4. The summed E-state index contributed by atoms with van der Waals surface area (Å²) in [5, 5.41) is 14.4. The monoisotopic (exact) mass is 420 g/mol. The van der Waals surface area contributed by atoms with Gasteiger partial charge < -0.3 is 15.7 Å². The first kappa shape index (κ1) is 18.0. The third kappa shape index (κ3) is 5.67. The van der Waals surface area contributed by atoms with Crippen LogP contribution in [0.25, 0.3) is 0 Å². The SMILES string of the molecule is CC(C)(C)C(CC(=O)O)NC(=O)Nc1c(Br)cccc1Br. The van der Waals surface area contributed by atoms with Gasteiger partial charge in [-0.05, 0) is 49.4 Å². The molecule has 1 aromatic rings. The number of halogens is 2. The lowest BCUT2D eigenvalue weighted by atomic mass is 9.85. The van der Waals surface area contributed by atoms with Gasteiger partial charge >= 0.3 is 12.0 Å². The first-order valence-electron chi connectivity index (χ1n) is 6.34. The highest BCUT2D eigenvalue weighted by atomic mass is 79.9. The zero-order valence-corrected chi connectivity index (χ0v) is 15.2. The lowest BCUT2D eigenvalue weighted by Crippen LogP contribution is -2.46. The predicted octanol–water partition coefficient (Wildman–Crippen LogP) is 4.22. The molecule has 2 amide bonds. The highest BCUT2D eigenvalue weighted by Gasteiger charge is 2.28. The van der Waals surface area contributed by atoms with Crippen molar-refractivity contribution in [3.8, 4) is 0 Å². The number of anilines is 1. The summed E-state index contributed by atoms with van der Waals surface area (Å²) in [7, 11) is 0. The Bertz CT molecular complexity index is 521. The van der Waals surface area contributed by atoms with E-state index in [0.717, 1.165) is 8.95 Å². The van der Waals surface area contributed by atoms with Crippen molar-refractivity contribution in [1.29, 1.82) is 0 Å². The second-order valence-corrected chi connectivity index (χ2v) is 7.42. The largest absolute Gasteiger partial charge is 0.481 e. The van der Waals surface area contributed by atoms with Crippen LogP contribution in [-0.4, -0.2) is 23.1 Å². The van der Waals surface area contributed by atoms with Crippen LogP contribution in [0.5, 0.6) is 0 Å². The molecule has 7 heteroatoms. The van der Waals surface area contributed by atoms with E-state index in [2.05, 4.69) is 42.5 Å². The van der Waals surface area contributed by atoms with Crippen LogP contribution in [0.2, 0.25) is 0 Å². The van der Waals surface area contributed by atoms with Gasteiger partial charge in [0, 0.05) is 15.0 Å². The maximum atomic E-state index is 12.1. The number of aliphatic carboxylic acids is 1. The molecule has 0 spiro atoms. The van der Waals surface area contributed by atoms with Crippen molar-refractivity contribution in [2.75, 3.05) is 5.32 Å². The van der Waals surface area contributed by atoms with Crippen LogP contribution in [0.4, 0.5) is 10.5 Å². The zero-order chi connectivity index (χ0) is 16.2. The van der Waals surface area contributed by atoms with Gasteiger partial charge in [-0.2, -0.15) is 0 Å². The predicted molar refractivity (Wildman–Crippen MR) is 89.5 cm³/mol. The van der Waals surface area contributed by atoms with Crippen LogP contribution in [0.1, 0.15) is 27.2 Å². The van der Waals surface area contributed by atoms with E-state index in [1.54, 1.807) is 12.1 Å². The van der Waals surface area contributed by atoms with Crippen molar-refractivity contribution < 1.29 is 14.7 Å². The molecule has 0 aliphatic rings. The fourth-order valence-electron chi connectivity index (χ4n) is 1.67. The summed E-state index contributed by atoms with van der Waals surface area (Å²) in [5.41, 5.74) is 0.235. The van der Waals surface area contributed by atoms with Gasteiger partial charge in [0.1, 0.15) is 0 Å². The number of nitrogens with one attached hydrogen (secondary N) is 2. The number of amides is 2. The number of urea groups is 1. The van der Waals surface area contributed by atoms with Gasteiger partial charge in [-0.15, -0.1) is 0 Å². The second kappa shape index (κ2) is 7.26. The lowest BCUT2D eigenvalue weighted by molar-refractivity contribution is -0.138. The Kier molecular flexibility index (Phi) is 6.22. The van der Waals surface area contributed by atoms with Gasteiger partial charge in [0.25, 0.3) is 0 Å². The Morgan fingerprint density at radius 3 is 2.19 bits per heavy atom. The number of hydrogen-bond donors (Lipinski definition) is 3. The van der Waals surface area contributed by atoms with Crippen molar-refractivity contribution in [3.63, 3.8) is 0 Å². The molecular weight excluding hydrogens is 404 g/mol. The average molecular weight is 422 g/mol. The van der Waals surface area contributed by atoms with Gasteiger partial charge in [0.2, 0.25) is 0 Å². The van der Waals surface area contributed by atoms with Gasteiger partial charge in [0.15, 0.2) is 0 Å². The van der Waals surface area contributed by atoms with Gasteiger partial charge in [-0.25, -0.2) is 4.79 Å². The highest BCUT2D eigenvalue weighted by molar-refractivity contribution is 9.11. The molecule has 1 atom stereocenters. The Morgan fingerprint density at radius 2 is 1.76 bits per heavy atom. The lowest BCUT2D eigenvalue weighted by Gasteiger charge is -2.30. The van der Waals surface area contributed by atoms with Crippen molar-refractivity contribution >= 4 is 49.5 Å². The van der Waals surface area contributed by atoms with E-state index in [0.29, 0.717) is 5.69 Å². The molecule has 0 saturated carbocycles. The van der Waals surface area contributed by atoms with E-state index in [-0.39, 0.29) is 11.8 Å². The number of para-hydroxylation sites is 1. The normalized spacial score (nSPS) is 12.6. The molecule has 5 nitrogen and oxygen atoms in total. The minimum absolute atomic E-state index is 0.131. The van der Waals surface area contributed by atoms with Gasteiger partial charge in [-0.1, -0.05) is 26.8 Å². The third-order valence-corrected chi connectivity index (χ3v) is 4.25. The van der Waals surface area contributed by atoms with Crippen LogP contribution in [-0.2, 0) is 4.79 Å². The standard InChI is InChI=1S/C14H18Br2N2O3/c1-14(2,3)10(7-11(19)20)17-13(21)18-12-8(15)5-4-6-9(12)16/h4-6,10H,7H2,1-3H3,(H,19,20)(H2,17,18,21). The quantitative estimate of drug-likeness (QED) is 0.680. The molecule has 3 N–H and O–H groups in total. The number of benzene rings is 1. The molecule has 1 rings (SSSR count). The molecule has 0 heterocycles. The van der Waals surface area contributed by atoms with Crippen LogP contribution < -0.4 is 10.6 Å². The molecule has 0 aliphatic carbocycles. The van der Waals surface area contributed by atoms with E-state index in [1.807, 2.05) is 26.8 Å². The van der Waals surface area contributed by atoms with Crippen LogP contribution >= 0.6 is 31.9 Å². The molecule has 116 valence electrons. The topological polar surface area (TPSA) is 78.4 Å². The Balaban J connectivity index is 2.81. The number of carboxylic acid groups (broad SMARTS) is 1. The number of carboxylic acids is 1. The van der Waals surface area contributed by atoms with Crippen molar-refractivity contribution in [1.82, 2.24) is 5.32 Å². The van der Waals surface area contributed by atoms with E-state index < -0.39 is 18.0 Å². The van der Waals surface area contributed by atoms with Crippen molar-refractivity contribution in [2.45, 2.75) is 33.2 Å². The molecule has 0 aromatic heterocycles. The van der Waals surface area contributed by atoms with Crippen LogP contribution in [0.3, 0.4) is 0 Å². The molecule has 1 unspecified atom stereocenters. The van der Waals surface area contributed by atoms with Crippen molar-refractivity contribution in [3.05, 3.63) is 27.1 Å². The third-order valence-electron chi connectivity index (χ3n) is 2.93. The van der Waals surface area contributed by atoms with Gasteiger partial charge in [-0.3, -0.25) is 4.79 Å². The highest BCUT2D eigenvalue weighted by Crippen LogP contribution is 2.30. The zero-order valence-electron chi connectivity index (χ0n) is 12.0. The summed E-state index contributed by atoms with van der Waals surface area (Å²) >= 11 is 6.71. The molecule has 0 aliphatic heterocycles. The molecule has 0 bridgehead atoms. The fourth-order valence-corrected chi connectivity index (χ4v) is 2.87. The molecule has 0 fully saturated rings. The molecule has 0 radical (unpaired) electrons. The maximum absolute atomic E-state index is 12.1. The van der Waals surface area contributed by atoms with Crippen LogP contribution in [0.15, 0.2) is 27.1 Å². The Hall–Kier alpha value is -1.08. The van der Waals surface area contributed by atoms with Crippen molar-refractivity contribution in [2.24, 2.45) is 5.41 Å².